The molecule has 1 aromatic heterocycles. The molecule has 1 unspecified atom stereocenters. The van der Waals surface area contributed by atoms with Gasteiger partial charge in [0.25, 0.3) is 0 Å². The van der Waals surface area contributed by atoms with Crippen LogP contribution in [0.4, 0.5) is 0 Å². The first-order chi connectivity index (χ1) is 12.1. The molecule has 1 saturated carbocycles. The zero-order chi connectivity index (χ0) is 17.6. The first-order valence-corrected chi connectivity index (χ1v) is 9.77. The summed E-state index contributed by atoms with van der Waals surface area (Å²) in [5, 5.41) is 0. The van der Waals surface area contributed by atoms with E-state index in [4.69, 9.17) is 0 Å². The highest BCUT2D eigenvalue weighted by molar-refractivity contribution is 5.78. The van der Waals surface area contributed by atoms with Crippen LogP contribution in [-0.2, 0) is 4.79 Å². The molecule has 25 heavy (non-hydrogen) atoms. The number of hydrogen-bond donors (Lipinski definition) is 0. The van der Waals surface area contributed by atoms with Crippen molar-refractivity contribution in [3.05, 3.63) is 30.1 Å². The molecular weight excluding hydrogens is 312 g/mol. The van der Waals surface area contributed by atoms with Crippen molar-refractivity contribution >= 4 is 5.91 Å². The van der Waals surface area contributed by atoms with Crippen molar-refractivity contribution < 1.29 is 4.79 Å². The highest BCUT2D eigenvalue weighted by atomic mass is 16.2. The van der Waals surface area contributed by atoms with Crippen LogP contribution in [0.25, 0.3) is 0 Å². The van der Waals surface area contributed by atoms with Gasteiger partial charge in [-0.05, 0) is 37.5 Å². The van der Waals surface area contributed by atoms with E-state index >= 15 is 0 Å². The quantitative estimate of drug-likeness (QED) is 0.823. The molecule has 1 aromatic rings. The van der Waals surface area contributed by atoms with Gasteiger partial charge in [-0.25, -0.2) is 0 Å². The summed E-state index contributed by atoms with van der Waals surface area (Å²) in [6.45, 7) is 6.81. The molecule has 0 radical (unpaired) electrons. The maximum Gasteiger partial charge on any atom is 0.236 e. The summed E-state index contributed by atoms with van der Waals surface area (Å²) >= 11 is 0. The van der Waals surface area contributed by atoms with E-state index in [2.05, 4.69) is 33.8 Å². The zero-order valence-corrected chi connectivity index (χ0v) is 15.7. The Hall–Kier alpha value is -1.46. The Balaban J connectivity index is 1.45. The van der Waals surface area contributed by atoms with E-state index in [9.17, 15) is 4.79 Å². The van der Waals surface area contributed by atoms with Gasteiger partial charge >= 0.3 is 0 Å². The van der Waals surface area contributed by atoms with Crippen LogP contribution in [0, 0.1) is 0 Å². The monoisotopic (exact) mass is 344 g/mol. The van der Waals surface area contributed by atoms with Crippen LogP contribution in [0.3, 0.4) is 0 Å². The predicted molar refractivity (Wildman–Crippen MR) is 100 cm³/mol. The topological polar surface area (TPSA) is 39.7 Å². The number of amides is 1. The summed E-state index contributed by atoms with van der Waals surface area (Å²) in [4.78, 5) is 23.6. The molecule has 1 saturated heterocycles. The highest BCUT2D eigenvalue weighted by Gasteiger charge is 2.26. The van der Waals surface area contributed by atoms with Gasteiger partial charge in [-0.15, -0.1) is 0 Å². The van der Waals surface area contributed by atoms with Crippen molar-refractivity contribution in [3.63, 3.8) is 0 Å². The van der Waals surface area contributed by atoms with Crippen molar-refractivity contribution in [1.82, 2.24) is 19.7 Å². The summed E-state index contributed by atoms with van der Waals surface area (Å²) in [5.41, 5.74) is 1.32. The molecular formula is C20H32N4O. The van der Waals surface area contributed by atoms with Gasteiger partial charge in [-0.3, -0.25) is 19.6 Å². The molecule has 0 N–H and O–H groups in total. The molecule has 2 aliphatic rings. The normalized spacial score (nSPS) is 21.8. The fourth-order valence-electron chi connectivity index (χ4n) is 4.14. The van der Waals surface area contributed by atoms with Crippen LogP contribution >= 0.6 is 0 Å². The fraction of sp³-hybridized carbons (Fsp3) is 0.700. The number of hydrogen-bond acceptors (Lipinski definition) is 4. The standard InChI is InChI=1S/C20H32N4O/c1-17(18-8-10-21-11-9-18)24-14-12-23(13-15-24)16-20(25)22(2)19-6-4-3-5-7-19/h8-11,17,19H,3-7,12-16H2,1-2H3. The minimum Gasteiger partial charge on any atom is -0.342 e. The summed E-state index contributed by atoms with van der Waals surface area (Å²) in [6, 6.07) is 5.07. The lowest BCUT2D eigenvalue weighted by molar-refractivity contribution is -0.134. The molecule has 1 aliphatic carbocycles. The summed E-state index contributed by atoms with van der Waals surface area (Å²) in [7, 11) is 2.00. The molecule has 2 heterocycles. The van der Waals surface area contributed by atoms with Gasteiger partial charge in [0.2, 0.25) is 5.91 Å². The molecule has 0 aromatic carbocycles. The van der Waals surface area contributed by atoms with Gasteiger partial charge in [0.05, 0.1) is 6.54 Å². The first kappa shape index (κ1) is 18.3. The van der Waals surface area contributed by atoms with Crippen LogP contribution in [0.15, 0.2) is 24.5 Å². The molecule has 5 heteroatoms. The number of pyridine rings is 1. The number of rotatable bonds is 5. The third-order valence-corrected chi connectivity index (χ3v) is 6.02. The van der Waals surface area contributed by atoms with Crippen molar-refractivity contribution in [3.8, 4) is 0 Å². The molecule has 0 spiro atoms. The minimum atomic E-state index is 0.294. The van der Waals surface area contributed by atoms with E-state index in [1.807, 2.05) is 24.3 Å². The fourth-order valence-corrected chi connectivity index (χ4v) is 4.14. The van der Waals surface area contributed by atoms with Gasteiger partial charge in [-0.1, -0.05) is 19.3 Å². The second kappa shape index (κ2) is 8.77. The number of carbonyl (C=O) groups excluding carboxylic acids is 1. The Morgan fingerprint density at radius 1 is 1.16 bits per heavy atom. The Kier molecular flexibility index (Phi) is 6.43. The molecule has 3 rings (SSSR count). The van der Waals surface area contributed by atoms with Crippen molar-refractivity contribution in [2.45, 2.75) is 51.1 Å². The van der Waals surface area contributed by atoms with Gasteiger partial charge in [0, 0.05) is 57.7 Å². The molecule has 0 bridgehead atoms. The van der Waals surface area contributed by atoms with Crippen LogP contribution in [0.5, 0.6) is 0 Å². The molecule has 1 aliphatic heterocycles. The van der Waals surface area contributed by atoms with Gasteiger partial charge < -0.3 is 4.90 Å². The second-order valence-electron chi connectivity index (χ2n) is 7.57. The van der Waals surface area contributed by atoms with E-state index < -0.39 is 0 Å². The second-order valence-corrected chi connectivity index (χ2v) is 7.57. The first-order valence-electron chi connectivity index (χ1n) is 9.77. The van der Waals surface area contributed by atoms with Crippen molar-refractivity contribution in [2.75, 3.05) is 39.8 Å². The predicted octanol–water partition coefficient (Wildman–Crippen LogP) is 2.55. The molecule has 138 valence electrons. The summed E-state index contributed by atoms with van der Waals surface area (Å²) in [6.07, 6.45) is 9.96. The maximum absolute atomic E-state index is 12.6. The van der Waals surface area contributed by atoms with Gasteiger partial charge in [-0.2, -0.15) is 0 Å². The van der Waals surface area contributed by atoms with E-state index in [1.165, 1.54) is 37.7 Å². The van der Waals surface area contributed by atoms with E-state index in [-0.39, 0.29) is 0 Å². The lowest BCUT2D eigenvalue weighted by atomic mass is 9.94. The number of carbonyl (C=O) groups is 1. The Bertz CT molecular complexity index is 536. The third-order valence-electron chi connectivity index (χ3n) is 6.02. The number of aromatic nitrogens is 1. The largest absolute Gasteiger partial charge is 0.342 e. The van der Waals surface area contributed by atoms with Gasteiger partial charge in [0.15, 0.2) is 0 Å². The lowest BCUT2D eigenvalue weighted by Crippen LogP contribution is -2.51. The van der Waals surface area contributed by atoms with E-state index in [1.54, 1.807) is 0 Å². The summed E-state index contributed by atoms with van der Waals surface area (Å²) in [5.74, 6) is 0.294. The number of nitrogens with zero attached hydrogens (tertiary/aromatic N) is 4. The van der Waals surface area contributed by atoms with Gasteiger partial charge in [0.1, 0.15) is 0 Å². The molecule has 1 amide bonds. The third kappa shape index (κ3) is 4.79. The molecule has 2 fully saturated rings. The van der Waals surface area contributed by atoms with Crippen LogP contribution in [-0.4, -0.2) is 71.4 Å². The van der Waals surface area contributed by atoms with Crippen LogP contribution in [0.1, 0.15) is 50.6 Å². The zero-order valence-electron chi connectivity index (χ0n) is 15.7. The van der Waals surface area contributed by atoms with Crippen molar-refractivity contribution in [2.24, 2.45) is 0 Å². The Morgan fingerprint density at radius 2 is 1.80 bits per heavy atom. The minimum absolute atomic E-state index is 0.294. The average Bonchev–Trinajstić information content (AvgIpc) is 2.68. The van der Waals surface area contributed by atoms with E-state index in [0.29, 0.717) is 24.5 Å². The SMILES string of the molecule is CC(c1ccncc1)N1CCN(CC(=O)N(C)C2CCCCC2)CC1. The van der Waals surface area contributed by atoms with Crippen LogP contribution < -0.4 is 0 Å². The number of piperazine rings is 1. The van der Waals surface area contributed by atoms with Crippen molar-refractivity contribution in [1.29, 1.82) is 0 Å². The summed E-state index contributed by atoms with van der Waals surface area (Å²) < 4.78 is 0. The Morgan fingerprint density at radius 3 is 2.44 bits per heavy atom. The molecule has 1 atom stereocenters. The smallest absolute Gasteiger partial charge is 0.236 e. The number of likely N-dealkylation sites (N-methyl/N-ethyl adjacent to an activating group) is 1. The maximum atomic E-state index is 12.6. The van der Waals surface area contributed by atoms with E-state index in [0.717, 1.165) is 26.2 Å². The lowest BCUT2D eigenvalue weighted by Gasteiger charge is -2.39. The Labute approximate surface area is 152 Å². The average molecular weight is 345 g/mol. The molecule has 5 nitrogen and oxygen atoms in total. The van der Waals surface area contributed by atoms with Crippen LogP contribution in [0.2, 0.25) is 0 Å². The highest BCUT2D eigenvalue weighted by Crippen LogP contribution is 2.23.